The highest BCUT2D eigenvalue weighted by atomic mass is 16.5. The summed E-state index contributed by atoms with van der Waals surface area (Å²) in [5.74, 6) is 1.89. The van der Waals surface area contributed by atoms with Crippen molar-refractivity contribution in [1.29, 1.82) is 0 Å². The summed E-state index contributed by atoms with van der Waals surface area (Å²) >= 11 is 0. The summed E-state index contributed by atoms with van der Waals surface area (Å²) in [6.07, 6.45) is 4.18. The van der Waals surface area contributed by atoms with E-state index in [1.165, 1.54) is 0 Å². The van der Waals surface area contributed by atoms with Crippen molar-refractivity contribution in [1.82, 2.24) is 15.1 Å². The summed E-state index contributed by atoms with van der Waals surface area (Å²) in [6, 6.07) is 7.85. The molecule has 48 heavy (non-hydrogen) atoms. The van der Waals surface area contributed by atoms with Gasteiger partial charge in [0, 0.05) is 49.8 Å². The number of methoxy groups -OCH3 is 1. The second-order valence-corrected chi connectivity index (χ2v) is 14.7. The van der Waals surface area contributed by atoms with Gasteiger partial charge in [0.25, 0.3) is 11.8 Å². The number of fused-ring (bicyclic) bond motifs is 4. The summed E-state index contributed by atoms with van der Waals surface area (Å²) in [6.45, 7) is 20.4. The lowest BCUT2D eigenvalue weighted by Crippen LogP contribution is -2.44. The van der Waals surface area contributed by atoms with E-state index in [0.29, 0.717) is 61.9 Å². The molecule has 4 aliphatic heterocycles. The first-order chi connectivity index (χ1) is 22.9. The van der Waals surface area contributed by atoms with E-state index >= 15 is 0 Å². The maximum Gasteiger partial charge on any atom is 0.256 e. The zero-order chi connectivity index (χ0) is 34.2. The van der Waals surface area contributed by atoms with E-state index in [1.54, 1.807) is 13.2 Å². The summed E-state index contributed by atoms with van der Waals surface area (Å²) in [5.41, 5.74) is 6.01. The van der Waals surface area contributed by atoms with Crippen LogP contribution in [0.4, 0.5) is 11.4 Å². The fourth-order valence-electron chi connectivity index (χ4n) is 7.31. The van der Waals surface area contributed by atoms with Gasteiger partial charge in [-0.1, -0.05) is 24.3 Å². The summed E-state index contributed by atoms with van der Waals surface area (Å²) in [4.78, 5) is 30.9. The molecule has 10 heteroatoms. The predicted octanol–water partition coefficient (Wildman–Crippen LogP) is 5.78. The zero-order valence-electron chi connectivity index (χ0n) is 29.2. The third kappa shape index (κ3) is 7.14. The molecular formula is C38H51N5O5. The standard InChI is InChI=1S/C38H51N5O5/c1-23-14-26-20-39-30-18-33(25(3)16-27(30)36(44)42(26)21-23)47-12-9-13-48-35-19-31-28(17-34(35)46-7)37(45)43-22-24(2)15-32(43)29(41-31)10-8-11-40-38(4,5)6/h16-19,26,29,32,39-41H,1-2,8-15,20-22H2,3-7H3/t26-,29?,32-/m0/s1. The van der Waals surface area contributed by atoms with E-state index in [4.69, 9.17) is 14.2 Å². The van der Waals surface area contributed by atoms with Crippen LogP contribution < -0.4 is 30.2 Å². The zero-order valence-corrected chi connectivity index (χ0v) is 29.2. The Morgan fingerprint density at radius 3 is 2.29 bits per heavy atom. The van der Waals surface area contributed by atoms with Crippen LogP contribution in [0.2, 0.25) is 0 Å². The fraction of sp³-hybridized carbons (Fsp3) is 0.526. The molecule has 0 aliphatic carbocycles. The largest absolute Gasteiger partial charge is 0.493 e. The number of rotatable bonds is 11. The van der Waals surface area contributed by atoms with Gasteiger partial charge in [-0.25, -0.2) is 0 Å². The minimum atomic E-state index is -0.00659. The van der Waals surface area contributed by atoms with Gasteiger partial charge in [0.1, 0.15) is 5.75 Å². The quantitative estimate of drug-likeness (QED) is 0.207. The summed E-state index contributed by atoms with van der Waals surface area (Å²) in [5, 5.41) is 10.8. The van der Waals surface area contributed by atoms with Crippen molar-refractivity contribution >= 4 is 23.2 Å². The van der Waals surface area contributed by atoms with Crippen LogP contribution >= 0.6 is 0 Å². The van der Waals surface area contributed by atoms with E-state index in [1.807, 2.05) is 34.9 Å². The molecule has 2 saturated heterocycles. The number of anilines is 2. The number of nitrogens with one attached hydrogen (secondary N) is 3. The van der Waals surface area contributed by atoms with Crippen molar-refractivity contribution in [3.63, 3.8) is 0 Å². The highest BCUT2D eigenvalue weighted by Gasteiger charge is 2.41. The Morgan fingerprint density at radius 2 is 1.54 bits per heavy atom. The van der Waals surface area contributed by atoms with Gasteiger partial charge in [0.2, 0.25) is 0 Å². The lowest BCUT2D eigenvalue weighted by atomic mass is 9.99. The Labute approximate surface area is 284 Å². The van der Waals surface area contributed by atoms with Crippen LogP contribution in [-0.2, 0) is 0 Å². The topological polar surface area (TPSA) is 104 Å². The molecule has 6 rings (SSSR count). The van der Waals surface area contributed by atoms with Gasteiger partial charge in [-0.3, -0.25) is 9.59 Å². The lowest BCUT2D eigenvalue weighted by Gasteiger charge is -2.29. The summed E-state index contributed by atoms with van der Waals surface area (Å²) < 4.78 is 18.1. The molecule has 0 aromatic heterocycles. The van der Waals surface area contributed by atoms with E-state index < -0.39 is 0 Å². The number of benzene rings is 2. The van der Waals surface area contributed by atoms with Crippen molar-refractivity contribution in [3.8, 4) is 17.2 Å². The Hall–Kier alpha value is -4.18. The van der Waals surface area contributed by atoms with E-state index in [9.17, 15) is 9.59 Å². The van der Waals surface area contributed by atoms with E-state index in [-0.39, 0.29) is 35.5 Å². The second kappa shape index (κ2) is 13.7. The molecule has 2 aromatic carbocycles. The molecule has 1 unspecified atom stereocenters. The van der Waals surface area contributed by atoms with Gasteiger partial charge in [-0.2, -0.15) is 0 Å². The van der Waals surface area contributed by atoms with Crippen LogP contribution in [0, 0.1) is 6.92 Å². The highest BCUT2D eigenvalue weighted by Crippen LogP contribution is 2.40. The maximum absolute atomic E-state index is 13.8. The number of aryl methyl sites for hydroxylation is 1. The highest BCUT2D eigenvalue weighted by molar-refractivity contribution is 6.02. The number of hydrogen-bond acceptors (Lipinski definition) is 8. The molecule has 2 aromatic rings. The first-order valence-corrected chi connectivity index (χ1v) is 17.2. The average molecular weight is 658 g/mol. The van der Waals surface area contributed by atoms with Gasteiger partial charge in [-0.15, -0.1) is 0 Å². The van der Waals surface area contributed by atoms with Crippen LogP contribution in [0.1, 0.15) is 79.2 Å². The lowest BCUT2D eigenvalue weighted by molar-refractivity contribution is 0.0728. The van der Waals surface area contributed by atoms with Crippen LogP contribution in [0.3, 0.4) is 0 Å². The van der Waals surface area contributed by atoms with Gasteiger partial charge in [0.15, 0.2) is 11.5 Å². The normalized spacial score (nSPS) is 21.8. The fourth-order valence-corrected chi connectivity index (χ4v) is 7.31. The molecule has 0 bridgehead atoms. The molecule has 3 atom stereocenters. The number of amides is 2. The van der Waals surface area contributed by atoms with E-state index in [0.717, 1.165) is 66.1 Å². The molecule has 2 fully saturated rings. The maximum atomic E-state index is 13.8. The van der Waals surface area contributed by atoms with Crippen LogP contribution in [0.25, 0.3) is 0 Å². The average Bonchev–Trinajstić information content (AvgIpc) is 3.56. The second-order valence-electron chi connectivity index (χ2n) is 14.7. The van der Waals surface area contributed by atoms with Crippen molar-refractivity contribution < 1.29 is 23.8 Å². The first kappa shape index (κ1) is 33.7. The Bertz CT molecular complexity index is 1600. The van der Waals surface area contributed by atoms with Crippen LogP contribution in [0.5, 0.6) is 17.2 Å². The Kier molecular flexibility index (Phi) is 9.65. The van der Waals surface area contributed by atoms with Crippen molar-refractivity contribution in [2.45, 2.75) is 83.5 Å². The molecule has 0 spiro atoms. The molecule has 4 aliphatic rings. The predicted molar refractivity (Wildman–Crippen MR) is 190 cm³/mol. The minimum Gasteiger partial charge on any atom is -0.493 e. The smallest absolute Gasteiger partial charge is 0.256 e. The van der Waals surface area contributed by atoms with Gasteiger partial charge in [0.05, 0.1) is 54.9 Å². The molecule has 2 amide bonds. The molecular weight excluding hydrogens is 606 g/mol. The molecule has 0 saturated carbocycles. The Balaban J connectivity index is 1.09. The molecule has 258 valence electrons. The van der Waals surface area contributed by atoms with Crippen LogP contribution in [0.15, 0.2) is 48.6 Å². The minimum absolute atomic E-state index is 0.00659. The monoisotopic (exact) mass is 657 g/mol. The first-order valence-electron chi connectivity index (χ1n) is 17.2. The van der Waals surface area contributed by atoms with E-state index in [2.05, 4.69) is 49.9 Å². The van der Waals surface area contributed by atoms with Gasteiger partial charge < -0.3 is 40.0 Å². The number of ether oxygens (including phenoxy) is 3. The number of carbonyl (C=O) groups is 2. The Morgan fingerprint density at radius 1 is 0.875 bits per heavy atom. The molecule has 0 radical (unpaired) electrons. The number of carbonyl (C=O) groups excluding carboxylic acids is 2. The van der Waals surface area contributed by atoms with Crippen molar-refractivity contribution in [3.05, 3.63) is 65.3 Å². The van der Waals surface area contributed by atoms with Crippen LogP contribution in [-0.4, -0.2) is 91.8 Å². The number of nitrogens with zero attached hydrogens (tertiary/aromatic N) is 2. The van der Waals surface area contributed by atoms with Gasteiger partial charge >= 0.3 is 0 Å². The molecule has 10 nitrogen and oxygen atoms in total. The summed E-state index contributed by atoms with van der Waals surface area (Å²) in [7, 11) is 1.60. The number of hydrogen-bond donors (Lipinski definition) is 3. The molecule has 4 heterocycles. The van der Waals surface area contributed by atoms with Gasteiger partial charge in [-0.05, 0) is 77.6 Å². The molecule has 3 N–H and O–H groups in total. The SMILES string of the molecule is C=C1C[C@H]2CNc3cc(OCCCOc4cc5c(cc4OC)C(=O)N4CC(=C)C[C@H]4C(CCCNC(C)(C)C)N5)c(C)cc3C(=O)N2C1. The third-order valence-corrected chi connectivity index (χ3v) is 9.74. The third-order valence-electron chi connectivity index (χ3n) is 9.74. The van der Waals surface area contributed by atoms with Crippen molar-refractivity contribution in [2.75, 3.05) is 57.1 Å². The van der Waals surface area contributed by atoms with Crippen molar-refractivity contribution in [2.24, 2.45) is 0 Å².